The highest BCUT2D eigenvalue weighted by Gasteiger charge is 2.54. The van der Waals surface area contributed by atoms with E-state index in [0.717, 1.165) is 45.2 Å². The lowest BCUT2D eigenvalue weighted by molar-refractivity contribution is -0.223. The molecule has 8 atom stereocenters. The Morgan fingerprint density at radius 3 is 2.38 bits per heavy atom. The van der Waals surface area contributed by atoms with Crippen LogP contribution in [0.2, 0.25) is 0 Å². The molecule has 4 N–H and O–H groups in total. The number of piperidine rings is 1. The van der Waals surface area contributed by atoms with E-state index in [-0.39, 0.29) is 23.8 Å². The lowest BCUT2D eigenvalue weighted by Crippen LogP contribution is -2.70. The molecule has 2 aliphatic carbocycles. The molecule has 5 unspecified atom stereocenters. The van der Waals surface area contributed by atoms with Gasteiger partial charge >= 0.3 is 0 Å². The molecule has 42 heavy (non-hydrogen) atoms. The van der Waals surface area contributed by atoms with E-state index in [1.165, 1.54) is 19.3 Å². The van der Waals surface area contributed by atoms with E-state index in [9.17, 15) is 18.3 Å². The van der Waals surface area contributed by atoms with Crippen molar-refractivity contribution < 1.29 is 23.1 Å². The maximum atomic E-state index is 14.0. The number of nitrogens with one attached hydrogen (secondary N) is 3. The largest absolute Gasteiger partial charge is 0.388 e. The first kappa shape index (κ1) is 32.6. The Labute approximate surface area is 254 Å². The number of amides is 1. The smallest absolute Gasteiger partial charge is 0.227 e. The number of sulfonamides is 1. The fraction of sp³-hybridized carbons (Fsp3) is 0.969. The third-order valence-corrected chi connectivity index (χ3v) is 13.7. The molecule has 0 radical (unpaired) electrons. The van der Waals surface area contributed by atoms with Gasteiger partial charge in [-0.2, -0.15) is 0 Å². The van der Waals surface area contributed by atoms with Crippen LogP contribution < -0.4 is 15.4 Å². The van der Waals surface area contributed by atoms with Crippen LogP contribution in [0.5, 0.6) is 0 Å². The second-order valence-electron chi connectivity index (χ2n) is 15.0. The summed E-state index contributed by atoms with van der Waals surface area (Å²) < 4.78 is 36.5. The van der Waals surface area contributed by atoms with Crippen molar-refractivity contribution in [2.75, 3.05) is 19.6 Å². The van der Waals surface area contributed by atoms with E-state index < -0.39 is 39.2 Å². The summed E-state index contributed by atoms with van der Waals surface area (Å²) in [7, 11) is -3.63. The van der Waals surface area contributed by atoms with Crippen molar-refractivity contribution >= 4 is 15.9 Å². The summed E-state index contributed by atoms with van der Waals surface area (Å²) in [4.78, 5) is 16.1. The van der Waals surface area contributed by atoms with Gasteiger partial charge in [0.15, 0.2) is 0 Å². The molecule has 0 aromatic heterocycles. The monoisotopic (exact) mass is 610 g/mol. The van der Waals surface area contributed by atoms with Crippen molar-refractivity contribution in [3.05, 3.63) is 0 Å². The third-order valence-electron chi connectivity index (χ3n) is 11.7. The van der Waals surface area contributed by atoms with Gasteiger partial charge in [-0.25, -0.2) is 13.1 Å². The molecule has 242 valence electrons. The molecule has 5 aliphatic rings. The predicted octanol–water partition coefficient (Wildman–Crippen LogP) is 3.37. The summed E-state index contributed by atoms with van der Waals surface area (Å²) in [6.45, 7) is 12.6. The summed E-state index contributed by atoms with van der Waals surface area (Å²) in [6, 6.07) is -0.0132. The summed E-state index contributed by atoms with van der Waals surface area (Å²) in [5.41, 5.74) is -0.919. The first-order valence-corrected chi connectivity index (χ1v) is 18.6. The molecular formula is C32H58N4O5S. The zero-order valence-corrected chi connectivity index (χ0v) is 27.5. The van der Waals surface area contributed by atoms with Gasteiger partial charge in [0.05, 0.1) is 28.9 Å². The van der Waals surface area contributed by atoms with Crippen molar-refractivity contribution in [2.45, 2.75) is 147 Å². The van der Waals surface area contributed by atoms with Crippen LogP contribution in [-0.2, 0) is 19.6 Å². The van der Waals surface area contributed by atoms with Crippen molar-refractivity contribution in [1.29, 1.82) is 0 Å². The molecule has 9 nitrogen and oxygen atoms in total. The number of carbonyl (C=O) groups is 1. The quantitative estimate of drug-likeness (QED) is 0.333. The van der Waals surface area contributed by atoms with Crippen molar-refractivity contribution in [3.8, 4) is 0 Å². The zero-order chi connectivity index (χ0) is 30.2. The Bertz CT molecular complexity index is 1020. The number of aliphatic hydroxyl groups is 1. The van der Waals surface area contributed by atoms with Crippen molar-refractivity contribution in [3.63, 3.8) is 0 Å². The maximum Gasteiger partial charge on any atom is 0.227 e. The van der Waals surface area contributed by atoms with E-state index in [1.807, 2.05) is 13.8 Å². The van der Waals surface area contributed by atoms with Gasteiger partial charge in [0.2, 0.25) is 15.9 Å². The molecule has 2 saturated carbocycles. The molecule has 0 aromatic rings. The molecule has 0 spiro atoms. The second kappa shape index (κ2) is 13.3. The third kappa shape index (κ3) is 6.89. The van der Waals surface area contributed by atoms with E-state index in [1.54, 1.807) is 0 Å². The number of aliphatic hydroxyl groups excluding tert-OH is 1. The predicted molar refractivity (Wildman–Crippen MR) is 165 cm³/mol. The Morgan fingerprint density at radius 2 is 1.71 bits per heavy atom. The molecule has 3 saturated heterocycles. The summed E-state index contributed by atoms with van der Waals surface area (Å²) in [5.74, 6) is 1.45. The van der Waals surface area contributed by atoms with E-state index >= 15 is 0 Å². The van der Waals surface area contributed by atoms with E-state index in [4.69, 9.17) is 4.74 Å². The van der Waals surface area contributed by atoms with Crippen LogP contribution >= 0.6 is 0 Å². The zero-order valence-electron chi connectivity index (χ0n) is 26.7. The van der Waals surface area contributed by atoms with Gasteiger partial charge in [0, 0.05) is 37.6 Å². The average molecular weight is 611 g/mol. The number of carbonyl (C=O) groups excluding carboxylic acids is 1. The van der Waals surface area contributed by atoms with Crippen molar-refractivity contribution in [1.82, 2.24) is 20.3 Å². The van der Waals surface area contributed by atoms with Gasteiger partial charge < -0.3 is 20.1 Å². The minimum Gasteiger partial charge on any atom is -0.388 e. The minimum atomic E-state index is -3.63. The second-order valence-corrected chi connectivity index (χ2v) is 17.0. The molecule has 1 amide bonds. The average Bonchev–Trinajstić information content (AvgIpc) is 3.43. The van der Waals surface area contributed by atoms with Crippen LogP contribution in [0.1, 0.15) is 105 Å². The maximum absolute atomic E-state index is 14.0. The Kier molecular flexibility index (Phi) is 10.3. The molecule has 10 heteroatoms. The lowest BCUT2D eigenvalue weighted by atomic mass is 9.76. The highest BCUT2D eigenvalue weighted by atomic mass is 32.2. The number of nitrogens with zero attached hydrogens (tertiary/aromatic N) is 1. The van der Waals surface area contributed by atoms with Crippen LogP contribution in [0.25, 0.3) is 0 Å². The lowest BCUT2D eigenvalue weighted by Gasteiger charge is -2.52. The highest BCUT2D eigenvalue weighted by Crippen LogP contribution is 2.40. The molecule has 0 bridgehead atoms. The number of ether oxygens (including phenoxy) is 1. The number of hydrogen-bond acceptors (Lipinski definition) is 7. The number of rotatable bonds is 8. The number of likely N-dealkylation sites (tertiary alicyclic amines) is 1. The molecule has 5 rings (SSSR count). The van der Waals surface area contributed by atoms with Crippen LogP contribution in [0.3, 0.4) is 0 Å². The van der Waals surface area contributed by atoms with Gasteiger partial charge in [0.1, 0.15) is 6.23 Å². The first-order valence-electron chi connectivity index (χ1n) is 17.1. The molecule has 0 aromatic carbocycles. The highest BCUT2D eigenvalue weighted by molar-refractivity contribution is 7.90. The molecule has 3 aliphatic heterocycles. The number of fused-ring (bicyclic) bond motifs is 1. The standard InChI is InChI=1S/C32H58N4O5S/c1-6-22-12-14-25(15-13-22)42(39,40)35-28-26-17-23(18-34-30(26)41-32(4,5)29(28)37)31(38)36-16-8-11-24(36)19-33-27-20(2)9-7-10-21(27)3/h20-30,33-35,37H,6-19H2,1-5H3/t20?,21?,22?,23?,24-,25?,26?,27?,28+,29-,30?/m0/s1. The Morgan fingerprint density at radius 1 is 1.02 bits per heavy atom. The topological polar surface area (TPSA) is 120 Å². The van der Waals surface area contributed by atoms with Gasteiger partial charge in [-0.3, -0.25) is 10.1 Å². The Balaban J connectivity index is 1.25. The summed E-state index contributed by atoms with van der Waals surface area (Å²) >= 11 is 0. The van der Waals surface area contributed by atoms with Gasteiger partial charge in [-0.05, 0) is 89.4 Å². The fourth-order valence-corrected chi connectivity index (χ4v) is 10.6. The Hall–Kier alpha value is -0.780. The van der Waals surface area contributed by atoms with Crippen molar-refractivity contribution in [2.24, 2.45) is 29.6 Å². The van der Waals surface area contributed by atoms with E-state index in [2.05, 4.69) is 41.0 Å². The van der Waals surface area contributed by atoms with Gasteiger partial charge in [-0.1, -0.05) is 33.6 Å². The normalized spacial score (nSPS) is 42.7. The summed E-state index contributed by atoms with van der Waals surface area (Å²) in [6.07, 6.45) is 9.19. The van der Waals surface area contributed by atoms with Crippen LogP contribution in [-0.4, -0.2) is 85.3 Å². The molecule has 5 fully saturated rings. The molecule has 3 heterocycles. The van der Waals surface area contributed by atoms with Crippen LogP contribution in [0.15, 0.2) is 0 Å². The van der Waals surface area contributed by atoms with Crippen LogP contribution in [0.4, 0.5) is 0 Å². The van der Waals surface area contributed by atoms with Gasteiger partial charge in [-0.15, -0.1) is 0 Å². The van der Waals surface area contributed by atoms with Crippen LogP contribution in [0, 0.1) is 29.6 Å². The molecular weight excluding hydrogens is 552 g/mol. The SMILES string of the molecule is CCC1CCC(S(=O)(=O)N[C@@H]2C3CC(C(=O)N4CCC[C@H]4CNC4C(C)CCCC4C)CNC3OC(C)(C)[C@H]2O)CC1. The summed E-state index contributed by atoms with van der Waals surface area (Å²) in [5, 5.41) is 18.3. The minimum absolute atomic E-state index is 0.147. The first-order chi connectivity index (χ1) is 19.9. The number of hydrogen-bond donors (Lipinski definition) is 4. The van der Waals surface area contributed by atoms with Gasteiger partial charge in [0.25, 0.3) is 0 Å². The fourth-order valence-electron chi connectivity index (χ4n) is 8.88. The van der Waals surface area contributed by atoms with E-state index in [0.29, 0.717) is 49.6 Å².